The molecule has 0 aliphatic rings. The molecule has 0 aliphatic heterocycles. The molecule has 0 fully saturated rings. The average Bonchev–Trinajstić information content (AvgIpc) is 3.15. The molecule has 27 heavy (non-hydrogen) atoms. The Hall–Kier alpha value is -2.58. The number of aryl methyl sites for hydroxylation is 1. The van der Waals surface area contributed by atoms with Crippen LogP contribution in [0.2, 0.25) is 0 Å². The minimum Gasteiger partial charge on any atom is -0.494 e. The van der Waals surface area contributed by atoms with Crippen LogP contribution in [0.25, 0.3) is 0 Å². The van der Waals surface area contributed by atoms with Crippen LogP contribution in [0.4, 0.5) is 10.5 Å². The molecule has 2 amide bonds. The molecule has 1 aromatic heterocycles. The topological polar surface area (TPSA) is 108 Å². The number of carbonyl (C=O) groups is 2. The Morgan fingerprint density at radius 1 is 1.19 bits per heavy atom. The van der Waals surface area contributed by atoms with Crippen molar-refractivity contribution in [3.05, 3.63) is 46.7 Å². The third-order valence-electron chi connectivity index (χ3n) is 3.98. The molecular formula is C19H24N2O5S. The molecule has 0 radical (unpaired) electrons. The number of amides is 2. The number of aliphatic hydroxyl groups is 1. The lowest BCUT2D eigenvalue weighted by molar-refractivity contribution is -0.123. The van der Waals surface area contributed by atoms with E-state index in [0.29, 0.717) is 18.0 Å². The normalized spacial score (nSPS) is 12.8. The van der Waals surface area contributed by atoms with E-state index in [4.69, 9.17) is 9.84 Å². The summed E-state index contributed by atoms with van der Waals surface area (Å²) >= 11 is 1.76. The fourth-order valence-corrected chi connectivity index (χ4v) is 3.11. The second-order valence-corrected chi connectivity index (χ2v) is 7.32. The molecule has 7 nitrogen and oxygen atoms in total. The predicted molar refractivity (Wildman–Crippen MR) is 104 cm³/mol. The van der Waals surface area contributed by atoms with Gasteiger partial charge in [-0.15, -0.1) is 11.3 Å². The first-order chi connectivity index (χ1) is 12.9. The minimum absolute atomic E-state index is 0.483. The first-order valence-corrected chi connectivity index (χ1v) is 9.49. The van der Waals surface area contributed by atoms with E-state index in [1.807, 2.05) is 5.32 Å². The number of carbonyl (C=O) groups excluding carboxylic acids is 1. The molecule has 0 saturated carbocycles. The monoisotopic (exact) mass is 392 g/mol. The summed E-state index contributed by atoms with van der Waals surface area (Å²) in [4.78, 5) is 24.3. The Balaban J connectivity index is 1.77. The van der Waals surface area contributed by atoms with Crippen molar-refractivity contribution in [1.29, 1.82) is 0 Å². The Kier molecular flexibility index (Phi) is 7.63. The highest BCUT2D eigenvalue weighted by Gasteiger charge is 2.34. The van der Waals surface area contributed by atoms with E-state index >= 15 is 0 Å². The summed E-state index contributed by atoms with van der Waals surface area (Å²) < 4.78 is 5.69. The zero-order valence-electron chi connectivity index (χ0n) is 15.1. The molecule has 0 spiro atoms. The highest BCUT2D eigenvalue weighted by molar-refractivity contribution is 7.09. The van der Waals surface area contributed by atoms with Crippen molar-refractivity contribution in [1.82, 2.24) is 5.32 Å². The van der Waals surface area contributed by atoms with Gasteiger partial charge in [0, 0.05) is 10.6 Å². The van der Waals surface area contributed by atoms with Crippen LogP contribution in [0.5, 0.6) is 5.75 Å². The van der Waals surface area contributed by atoms with Crippen LogP contribution in [-0.2, 0) is 11.2 Å². The Bertz CT molecular complexity index is 733. The van der Waals surface area contributed by atoms with Gasteiger partial charge in [0.2, 0.25) is 0 Å². The van der Waals surface area contributed by atoms with Crippen LogP contribution < -0.4 is 15.4 Å². The van der Waals surface area contributed by atoms with E-state index in [9.17, 15) is 14.7 Å². The van der Waals surface area contributed by atoms with Crippen molar-refractivity contribution in [3.8, 4) is 5.75 Å². The first-order valence-electron chi connectivity index (χ1n) is 8.61. The zero-order valence-corrected chi connectivity index (χ0v) is 15.9. The van der Waals surface area contributed by atoms with Crippen LogP contribution in [0.3, 0.4) is 0 Å². The van der Waals surface area contributed by atoms with Crippen LogP contribution in [0, 0.1) is 0 Å². The van der Waals surface area contributed by atoms with Gasteiger partial charge >= 0.3 is 6.09 Å². The molecule has 0 saturated heterocycles. The molecule has 0 unspecified atom stereocenters. The van der Waals surface area contributed by atoms with Crippen molar-refractivity contribution in [2.45, 2.75) is 31.7 Å². The quantitative estimate of drug-likeness (QED) is 0.465. The van der Waals surface area contributed by atoms with E-state index in [1.165, 1.54) is 11.8 Å². The summed E-state index contributed by atoms with van der Waals surface area (Å²) in [5.74, 6) is 0.0485. The fraction of sp³-hybridized carbons (Fsp3) is 0.368. The third kappa shape index (κ3) is 6.58. The van der Waals surface area contributed by atoms with Gasteiger partial charge in [-0.2, -0.15) is 0 Å². The summed E-state index contributed by atoms with van der Waals surface area (Å²) in [6.45, 7) is 1.27. The largest absolute Gasteiger partial charge is 0.494 e. The van der Waals surface area contributed by atoms with Crippen LogP contribution in [0.15, 0.2) is 41.8 Å². The number of ether oxygens (including phenoxy) is 1. The number of thiophene rings is 1. The molecular weight excluding hydrogens is 368 g/mol. The summed E-state index contributed by atoms with van der Waals surface area (Å²) in [6, 6.07) is 11.0. The van der Waals surface area contributed by atoms with Crippen LogP contribution >= 0.6 is 11.3 Å². The van der Waals surface area contributed by atoms with Crippen molar-refractivity contribution < 1.29 is 24.5 Å². The van der Waals surface area contributed by atoms with Crippen LogP contribution in [-0.4, -0.2) is 41.0 Å². The number of benzene rings is 1. The minimum atomic E-state index is -1.62. The summed E-state index contributed by atoms with van der Waals surface area (Å²) in [5, 5.41) is 24.8. The Labute approximate surface area is 162 Å². The maximum absolute atomic E-state index is 12.2. The maximum atomic E-state index is 12.2. The Morgan fingerprint density at radius 2 is 1.93 bits per heavy atom. The lowest BCUT2D eigenvalue weighted by atomic mass is 10.0. The van der Waals surface area contributed by atoms with Crippen molar-refractivity contribution in [3.63, 3.8) is 0 Å². The second-order valence-electron chi connectivity index (χ2n) is 6.28. The number of hydrogen-bond acceptors (Lipinski definition) is 5. The molecule has 1 atom stereocenters. The number of unbranched alkanes of at least 4 members (excludes halogenated alkanes) is 1. The van der Waals surface area contributed by atoms with E-state index in [2.05, 4.69) is 22.8 Å². The van der Waals surface area contributed by atoms with Crippen molar-refractivity contribution in [2.75, 3.05) is 18.5 Å². The van der Waals surface area contributed by atoms with Crippen LogP contribution in [0.1, 0.15) is 24.6 Å². The lowest BCUT2D eigenvalue weighted by Crippen LogP contribution is -2.56. The number of aliphatic hydroxyl groups excluding tert-OH is 1. The number of anilines is 1. The molecule has 4 N–H and O–H groups in total. The van der Waals surface area contributed by atoms with Gasteiger partial charge in [0.05, 0.1) is 13.2 Å². The molecule has 1 heterocycles. The Morgan fingerprint density at radius 3 is 2.52 bits per heavy atom. The molecule has 1 aromatic carbocycles. The van der Waals surface area contributed by atoms with Gasteiger partial charge in [-0.3, -0.25) is 4.79 Å². The SMILES string of the molecule is C[C@@](CO)(NC(=O)O)C(=O)Nc1ccc(OCCCCc2cccs2)cc1. The molecule has 0 bridgehead atoms. The zero-order chi connectivity index (χ0) is 19.7. The summed E-state index contributed by atoms with van der Waals surface area (Å²) in [7, 11) is 0. The molecule has 2 rings (SSSR count). The number of rotatable bonds is 10. The maximum Gasteiger partial charge on any atom is 0.405 e. The third-order valence-corrected chi connectivity index (χ3v) is 4.91. The van der Waals surface area contributed by atoms with Gasteiger partial charge in [0.1, 0.15) is 11.3 Å². The average molecular weight is 392 g/mol. The highest BCUT2D eigenvalue weighted by Crippen LogP contribution is 2.18. The van der Waals surface area contributed by atoms with Gasteiger partial charge in [-0.05, 0) is 61.9 Å². The summed E-state index contributed by atoms with van der Waals surface area (Å²) in [5.41, 5.74) is -1.14. The fourth-order valence-electron chi connectivity index (χ4n) is 2.35. The first kappa shape index (κ1) is 20.7. The van der Waals surface area contributed by atoms with Crippen molar-refractivity contribution >= 4 is 29.0 Å². The van der Waals surface area contributed by atoms with E-state index < -0.39 is 24.1 Å². The van der Waals surface area contributed by atoms with E-state index in [-0.39, 0.29) is 0 Å². The van der Waals surface area contributed by atoms with E-state index in [1.54, 1.807) is 35.6 Å². The molecule has 8 heteroatoms. The molecule has 146 valence electrons. The van der Waals surface area contributed by atoms with E-state index in [0.717, 1.165) is 19.3 Å². The number of hydrogen-bond donors (Lipinski definition) is 4. The van der Waals surface area contributed by atoms with Gasteiger partial charge in [-0.1, -0.05) is 6.07 Å². The van der Waals surface area contributed by atoms with Crippen molar-refractivity contribution in [2.24, 2.45) is 0 Å². The standard InChI is InChI=1S/C19H24N2O5S/c1-19(13-22,21-18(24)25)17(23)20-14-7-9-15(10-8-14)26-11-3-2-5-16-6-4-12-27-16/h4,6-10,12,21-22H,2-3,5,11,13H2,1H3,(H,20,23)(H,24,25)/t19-/m0/s1. The van der Waals surface area contributed by atoms with Gasteiger partial charge in [0.15, 0.2) is 0 Å². The smallest absolute Gasteiger partial charge is 0.405 e. The highest BCUT2D eigenvalue weighted by atomic mass is 32.1. The van der Waals surface area contributed by atoms with Gasteiger partial charge in [0.25, 0.3) is 5.91 Å². The molecule has 0 aliphatic carbocycles. The second kappa shape index (κ2) is 9.94. The summed E-state index contributed by atoms with van der Waals surface area (Å²) in [6.07, 6.45) is 1.68. The predicted octanol–water partition coefficient (Wildman–Crippen LogP) is 3.11. The molecule has 2 aromatic rings. The number of carboxylic acid groups (broad SMARTS) is 1. The van der Waals surface area contributed by atoms with Gasteiger partial charge < -0.3 is 25.6 Å². The number of nitrogens with one attached hydrogen (secondary N) is 2. The van der Waals surface area contributed by atoms with Gasteiger partial charge in [-0.25, -0.2) is 4.79 Å². The lowest BCUT2D eigenvalue weighted by Gasteiger charge is -2.25.